The number of hydrogen-bond acceptors (Lipinski definition) is 2. The largest absolute Gasteiger partial charge is 0.478 e. The molecule has 0 aliphatic carbocycles. The average molecular weight is 399 g/mol. The van der Waals surface area contributed by atoms with Gasteiger partial charge in [0, 0.05) is 5.56 Å². The Labute approximate surface area is 147 Å². The third-order valence-electron chi connectivity index (χ3n) is 3.38. The van der Waals surface area contributed by atoms with E-state index >= 15 is 0 Å². The maximum Gasteiger partial charge on any atom is 0.347 e. The predicted molar refractivity (Wildman–Crippen MR) is 79.0 cm³/mol. The van der Waals surface area contributed by atoms with Gasteiger partial charge in [0.05, 0.1) is 10.6 Å². The minimum Gasteiger partial charge on any atom is -0.478 e. The first-order valence-electron chi connectivity index (χ1n) is 6.81. The zero-order valence-corrected chi connectivity index (χ0v) is 13.8. The van der Waals surface area contributed by atoms with Crippen LogP contribution >= 0.6 is 11.6 Å². The minimum atomic E-state index is -2.40. The van der Waals surface area contributed by atoms with E-state index in [1.54, 1.807) is 0 Å². The normalized spacial score (nSPS) is 11.6. The molecule has 0 saturated heterocycles. The number of halogens is 7. The fourth-order valence-corrected chi connectivity index (χ4v) is 2.15. The van der Waals surface area contributed by atoms with Gasteiger partial charge in [0.1, 0.15) is 11.6 Å². The van der Waals surface area contributed by atoms with Crippen molar-refractivity contribution in [3.63, 3.8) is 0 Å². The molecule has 0 radical (unpaired) electrons. The van der Waals surface area contributed by atoms with Gasteiger partial charge in [0.15, 0.2) is 28.9 Å². The summed E-state index contributed by atoms with van der Waals surface area (Å²) in [5.41, 5.74) is -4.46. The minimum absolute atomic E-state index is 0.468. The van der Waals surface area contributed by atoms with Gasteiger partial charge < -0.3 is 9.84 Å². The molecule has 0 heterocycles. The molecule has 2 aromatic carbocycles. The first-order valence-corrected chi connectivity index (χ1v) is 7.19. The van der Waals surface area contributed by atoms with Crippen molar-refractivity contribution in [2.45, 2.75) is 19.4 Å². The summed E-state index contributed by atoms with van der Waals surface area (Å²) in [4.78, 5) is 11.1. The van der Waals surface area contributed by atoms with Crippen LogP contribution in [0.2, 0.25) is 5.02 Å². The highest BCUT2D eigenvalue weighted by Crippen LogP contribution is 2.38. The Morgan fingerprint density at radius 2 is 1.42 bits per heavy atom. The van der Waals surface area contributed by atoms with Gasteiger partial charge in [-0.2, -0.15) is 0 Å². The van der Waals surface area contributed by atoms with Crippen LogP contribution in [0, 0.1) is 34.9 Å². The maximum absolute atomic E-state index is 14.1. The van der Waals surface area contributed by atoms with E-state index in [0.29, 0.717) is 12.1 Å². The third kappa shape index (κ3) is 3.31. The number of hydrogen-bond donors (Lipinski definition) is 1. The van der Waals surface area contributed by atoms with Crippen LogP contribution in [-0.4, -0.2) is 16.7 Å². The first kappa shape index (κ1) is 19.9. The van der Waals surface area contributed by atoms with Crippen molar-refractivity contribution in [1.29, 1.82) is 0 Å². The molecule has 0 aliphatic rings. The molecule has 0 saturated carbocycles. The second-order valence-electron chi connectivity index (χ2n) is 5.62. The van der Waals surface area contributed by atoms with E-state index in [0.717, 1.165) is 13.8 Å². The Hall–Kier alpha value is -2.42. The number of aliphatic carboxylic acids is 1. The smallest absolute Gasteiger partial charge is 0.347 e. The predicted octanol–water partition coefficient (Wildman–Crippen LogP) is 5.08. The molecule has 0 bridgehead atoms. The molecule has 2 rings (SSSR count). The van der Waals surface area contributed by atoms with Crippen LogP contribution in [0.15, 0.2) is 12.1 Å². The Morgan fingerprint density at radius 3 is 1.88 bits per heavy atom. The van der Waals surface area contributed by atoms with Crippen LogP contribution in [0.1, 0.15) is 13.8 Å². The molecule has 10 heteroatoms. The lowest BCUT2D eigenvalue weighted by atomic mass is 10.0. The molecule has 0 aromatic heterocycles. The van der Waals surface area contributed by atoms with Crippen LogP contribution in [0.4, 0.5) is 26.3 Å². The molecule has 0 unspecified atom stereocenters. The molecule has 0 aliphatic heterocycles. The number of carboxylic acids is 1. The van der Waals surface area contributed by atoms with Gasteiger partial charge in [-0.3, -0.25) is 0 Å². The topological polar surface area (TPSA) is 46.5 Å². The molecule has 0 atom stereocenters. The monoisotopic (exact) mass is 398 g/mol. The van der Waals surface area contributed by atoms with Gasteiger partial charge in [-0.25, -0.2) is 31.1 Å². The number of carbonyl (C=O) groups is 1. The molecule has 1 N–H and O–H groups in total. The Morgan fingerprint density at radius 1 is 0.962 bits per heavy atom. The highest BCUT2D eigenvalue weighted by Gasteiger charge is 2.32. The fraction of sp³-hybridized carbons (Fsp3) is 0.188. The van der Waals surface area contributed by atoms with Crippen molar-refractivity contribution in [2.24, 2.45) is 0 Å². The molecule has 0 spiro atoms. The summed E-state index contributed by atoms with van der Waals surface area (Å²) in [6, 6.07) is 1.06. The van der Waals surface area contributed by atoms with E-state index in [1.807, 2.05) is 0 Å². The zero-order chi connectivity index (χ0) is 20.0. The summed E-state index contributed by atoms with van der Waals surface area (Å²) in [5.74, 6) is -14.8. The van der Waals surface area contributed by atoms with E-state index in [2.05, 4.69) is 0 Å². The highest BCUT2D eigenvalue weighted by atomic mass is 35.5. The molecule has 0 fully saturated rings. The molecular weight excluding hydrogens is 390 g/mol. The van der Waals surface area contributed by atoms with Crippen LogP contribution in [0.3, 0.4) is 0 Å². The lowest BCUT2D eigenvalue weighted by Gasteiger charge is -2.23. The van der Waals surface area contributed by atoms with E-state index in [-0.39, 0.29) is 0 Å². The molecule has 0 amide bonds. The van der Waals surface area contributed by atoms with E-state index < -0.39 is 68.4 Å². The zero-order valence-electron chi connectivity index (χ0n) is 13.1. The molecule has 26 heavy (non-hydrogen) atoms. The summed E-state index contributed by atoms with van der Waals surface area (Å²) in [6.45, 7) is 2.21. The van der Waals surface area contributed by atoms with Crippen LogP contribution in [0.25, 0.3) is 11.1 Å². The quantitative estimate of drug-likeness (QED) is 0.443. The van der Waals surface area contributed by atoms with Crippen molar-refractivity contribution in [3.8, 4) is 16.9 Å². The molecular formula is C16H9ClF6O3. The van der Waals surface area contributed by atoms with Crippen molar-refractivity contribution in [2.75, 3.05) is 0 Å². The first-order chi connectivity index (χ1) is 11.9. The highest BCUT2D eigenvalue weighted by molar-refractivity contribution is 6.32. The van der Waals surface area contributed by atoms with Gasteiger partial charge in [-0.15, -0.1) is 0 Å². The molecule has 140 valence electrons. The van der Waals surface area contributed by atoms with Crippen molar-refractivity contribution < 1.29 is 41.0 Å². The summed E-state index contributed by atoms with van der Waals surface area (Å²) in [6.07, 6.45) is 0. The maximum atomic E-state index is 14.1. The summed E-state index contributed by atoms with van der Waals surface area (Å²) < 4.78 is 86.8. The Balaban J connectivity index is 2.74. The lowest BCUT2D eigenvalue weighted by Crippen LogP contribution is -2.38. The summed E-state index contributed by atoms with van der Waals surface area (Å²) in [7, 11) is 0. The lowest BCUT2D eigenvalue weighted by molar-refractivity contribution is -0.152. The Bertz CT molecular complexity index is 885. The standard InChI is InChI=1S/C16H9ClF6O3/c1-16(2,15(24)25)26-8-3-5(7(18)4-6(8)17)9-10(19)12(21)14(23)13(22)11(9)20/h3-4H,1-2H3,(H,24,25). The Kier molecular flexibility index (Phi) is 5.14. The number of benzene rings is 2. The van der Waals surface area contributed by atoms with Gasteiger partial charge in [-0.05, 0) is 26.0 Å². The van der Waals surface area contributed by atoms with E-state index in [9.17, 15) is 31.1 Å². The number of carboxylic acid groups (broad SMARTS) is 1. The molecule has 3 nitrogen and oxygen atoms in total. The van der Waals surface area contributed by atoms with Gasteiger partial charge in [0.2, 0.25) is 5.82 Å². The second kappa shape index (κ2) is 6.71. The third-order valence-corrected chi connectivity index (χ3v) is 3.68. The fourth-order valence-electron chi connectivity index (χ4n) is 1.96. The number of rotatable bonds is 4. The van der Waals surface area contributed by atoms with Crippen LogP contribution < -0.4 is 4.74 Å². The molecule has 2 aromatic rings. The van der Waals surface area contributed by atoms with Gasteiger partial charge in [-0.1, -0.05) is 11.6 Å². The second-order valence-corrected chi connectivity index (χ2v) is 6.03. The summed E-state index contributed by atoms with van der Waals surface area (Å²) >= 11 is 5.71. The van der Waals surface area contributed by atoms with Crippen molar-refractivity contribution >= 4 is 17.6 Å². The van der Waals surface area contributed by atoms with Crippen molar-refractivity contribution in [3.05, 3.63) is 52.1 Å². The summed E-state index contributed by atoms with van der Waals surface area (Å²) in [5, 5.41) is 8.55. The van der Waals surface area contributed by atoms with Gasteiger partial charge >= 0.3 is 5.97 Å². The van der Waals surface area contributed by atoms with Crippen LogP contribution in [0.5, 0.6) is 5.75 Å². The number of ether oxygens (including phenoxy) is 1. The van der Waals surface area contributed by atoms with Crippen LogP contribution in [-0.2, 0) is 4.79 Å². The average Bonchev–Trinajstić information content (AvgIpc) is 2.55. The van der Waals surface area contributed by atoms with Crippen molar-refractivity contribution in [1.82, 2.24) is 0 Å². The van der Waals surface area contributed by atoms with E-state index in [1.165, 1.54) is 0 Å². The van der Waals surface area contributed by atoms with E-state index in [4.69, 9.17) is 21.4 Å². The van der Waals surface area contributed by atoms with Gasteiger partial charge in [0.25, 0.3) is 0 Å². The SMILES string of the molecule is CC(C)(Oc1cc(-c2c(F)c(F)c(F)c(F)c2F)c(F)cc1Cl)C(=O)O.